The van der Waals surface area contributed by atoms with Gasteiger partial charge in [-0.05, 0) is 38.3 Å². The first kappa shape index (κ1) is 14.9. The Labute approximate surface area is 96.2 Å². The number of rotatable bonds is 6. The lowest BCUT2D eigenvalue weighted by atomic mass is 9.90. The van der Waals surface area contributed by atoms with Gasteiger partial charge in [0, 0.05) is 12.1 Å². The largest absolute Gasteiger partial charge is 0.329 e. The molecule has 0 bridgehead atoms. The molecule has 0 aliphatic carbocycles. The van der Waals surface area contributed by atoms with E-state index in [2.05, 4.69) is 46.4 Å². The van der Waals surface area contributed by atoms with Crippen molar-refractivity contribution in [2.24, 2.45) is 11.1 Å². The molecule has 0 aromatic carbocycles. The Kier molecular flexibility index (Phi) is 5.82. The molecule has 0 aliphatic rings. The van der Waals surface area contributed by atoms with Gasteiger partial charge in [-0.2, -0.15) is 0 Å². The first-order chi connectivity index (χ1) is 6.79. The van der Waals surface area contributed by atoms with Gasteiger partial charge in [0.25, 0.3) is 0 Å². The van der Waals surface area contributed by atoms with E-state index < -0.39 is 0 Å². The summed E-state index contributed by atoms with van der Waals surface area (Å²) >= 11 is 0. The summed E-state index contributed by atoms with van der Waals surface area (Å²) in [6.45, 7) is 16.6. The Bertz CT molecular complexity index is 166. The Morgan fingerprint density at radius 1 is 1.07 bits per heavy atom. The van der Waals surface area contributed by atoms with Crippen LogP contribution in [0.2, 0.25) is 0 Å². The van der Waals surface area contributed by atoms with Crippen LogP contribution in [0.3, 0.4) is 0 Å². The third kappa shape index (κ3) is 4.98. The molecule has 0 spiro atoms. The van der Waals surface area contributed by atoms with E-state index in [9.17, 15) is 0 Å². The van der Waals surface area contributed by atoms with Crippen LogP contribution in [0.5, 0.6) is 0 Å². The summed E-state index contributed by atoms with van der Waals surface area (Å²) in [4.78, 5) is 2.53. The predicted molar refractivity (Wildman–Crippen MR) is 69.1 cm³/mol. The molecule has 15 heavy (non-hydrogen) atoms. The van der Waals surface area contributed by atoms with Gasteiger partial charge >= 0.3 is 0 Å². The second-order valence-corrected chi connectivity index (χ2v) is 5.94. The van der Waals surface area contributed by atoms with Crippen molar-refractivity contribution in [1.29, 1.82) is 0 Å². The second kappa shape index (κ2) is 5.86. The lowest BCUT2D eigenvalue weighted by Crippen LogP contribution is -2.51. The molecule has 0 fully saturated rings. The minimum Gasteiger partial charge on any atom is -0.329 e. The molecule has 0 aliphatic heterocycles. The van der Waals surface area contributed by atoms with E-state index in [1.54, 1.807) is 0 Å². The fraction of sp³-hybridized carbons (Fsp3) is 1.00. The molecule has 0 aromatic heterocycles. The van der Waals surface area contributed by atoms with Crippen molar-refractivity contribution in [3.8, 4) is 0 Å². The summed E-state index contributed by atoms with van der Waals surface area (Å²) in [7, 11) is 0. The lowest BCUT2D eigenvalue weighted by Gasteiger charge is -2.40. The molecule has 0 saturated heterocycles. The number of nitrogens with two attached hydrogens (primary N) is 1. The topological polar surface area (TPSA) is 29.3 Å². The zero-order valence-corrected chi connectivity index (χ0v) is 11.6. The molecule has 1 unspecified atom stereocenters. The molecule has 0 heterocycles. The van der Waals surface area contributed by atoms with E-state index in [-0.39, 0.29) is 5.54 Å². The van der Waals surface area contributed by atoms with Crippen LogP contribution >= 0.6 is 0 Å². The van der Waals surface area contributed by atoms with Crippen molar-refractivity contribution < 1.29 is 0 Å². The maximum Gasteiger partial charge on any atom is 0.0300 e. The van der Waals surface area contributed by atoms with Gasteiger partial charge in [0.05, 0.1) is 0 Å². The monoisotopic (exact) mass is 214 g/mol. The van der Waals surface area contributed by atoms with Crippen molar-refractivity contribution in [1.82, 2.24) is 4.90 Å². The van der Waals surface area contributed by atoms with Crippen LogP contribution in [0.25, 0.3) is 0 Å². The third-order valence-electron chi connectivity index (χ3n) is 3.48. The summed E-state index contributed by atoms with van der Waals surface area (Å²) in [5, 5.41) is 0. The van der Waals surface area contributed by atoms with Crippen LogP contribution in [0.15, 0.2) is 0 Å². The smallest absolute Gasteiger partial charge is 0.0300 e. The van der Waals surface area contributed by atoms with Crippen molar-refractivity contribution in [3.05, 3.63) is 0 Å². The molecule has 2 N–H and O–H groups in total. The van der Waals surface area contributed by atoms with Gasteiger partial charge in [-0.1, -0.05) is 34.6 Å². The Morgan fingerprint density at radius 3 is 1.87 bits per heavy atom. The highest BCUT2D eigenvalue weighted by Crippen LogP contribution is 2.23. The van der Waals surface area contributed by atoms with Crippen molar-refractivity contribution in [2.75, 3.05) is 19.6 Å². The highest BCUT2D eigenvalue weighted by Gasteiger charge is 2.27. The molecule has 0 saturated carbocycles. The normalized spacial score (nSPS) is 16.8. The summed E-state index contributed by atoms with van der Waals surface area (Å²) in [6, 6.07) is 0. The van der Waals surface area contributed by atoms with Crippen molar-refractivity contribution in [2.45, 2.75) is 59.9 Å². The summed E-state index contributed by atoms with van der Waals surface area (Å²) in [6.07, 6.45) is 2.36. The van der Waals surface area contributed by atoms with Crippen LogP contribution in [0, 0.1) is 5.41 Å². The van der Waals surface area contributed by atoms with Gasteiger partial charge in [0.15, 0.2) is 0 Å². The van der Waals surface area contributed by atoms with E-state index in [0.717, 1.165) is 26.1 Å². The molecule has 0 rings (SSSR count). The molecular formula is C13H30N2. The molecule has 92 valence electrons. The zero-order chi connectivity index (χ0) is 12.1. The van der Waals surface area contributed by atoms with Gasteiger partial charge < -0.3 is 5.73 Å². The number of hydrogen-bond acceptors (Lipinski definition) is 2. The van der Waals surface area contributed by atoms with E-state index in [0.29, 0.717) is 5.41 Å². The molecule has 2 heteroatoms. The maximum atomic E-state index is 5.89. The van der Waals surface area contributed by atoms with Crippen molar-refractivity contribution >= 4 is 0 Å². The van der Waals surface area contributed by atoms with Gasteiger partial charge in [0.1, 0.15) is 0 Å². The number of hydrogen-bond donors (Lipinski definition) is 1. The van der Waals surface area contributed by atoms with Crippen LogP contribution in [0.4, 0.5) is 0 Å². The number of nitrogens with zero attached hydrogens (tertiary/aromatic N) is 1. The highest BCUT2D eigenvalue weighted by molar-refractivity contribution is 4.86. The quantitative estimate of drug-likeness (QED) is 0.736. The molecular weight excluding hydrogens is 184 g/mol. The van der Waals surface area contributed by atoms with Gasteiger partial charge in [0.2, 0.25) is 0 Å². The molecule has 0 aromatic rings. The van der Waals surface area contributed by atoms with Crippen LogP contribution in [-0.4, -0.2) is 30.1 Å². The van der Waals surface area contributed by atoms with Gasteiger partial charge in [-0.25, -0.2) is 0 Å². The highest BCUT2D eigenvalue weighted by atomic mass is 15.2. The first-order valence-corrected chi connectivity index (χ1v) is 6.24. The maximum absolute atomic E-state index is 5.89. The third-order valence-corrected chi connectivity index (χ3v) is 3.48. The van der Waals surface area contributed by atoms with Gasteiger partial charge in [-0.15, -0.1) is 0 Å². The fourth-order valence-electron chi connectivity index (χ4n) is 1.78. The second-order valence-electron chi connectivity index (χ2n) is 5.94. The lowest BCUT2D eigenvalue weighted by molar-refractivity contribution is 0.0977. The Morgan fingerprint density at radius 2 is 1.60 bits per heavy atom. The fourth-order valence-corrected chi connectivity index (χ4v) is 1.78. The van der Waals surface area contributed by atoms with Crippen LogP contribution < -0.4 is 5.73 Å². The van der Waals surface area contributed by atoms with Crippen LogP contribution in [0.1, 0.15) is 54.4 Å². The van der Waals surface area contributed by atoms with Gasteiger partial charge in [-0.3, -0.25) is 4.90 Å². The molecule has 2 nitrogen and oxygen atoms in total. The van der Waals surface area contributed by atoms with E-state index in [1.165, 1.54) is 6.42 Å². The minimum absolute atomic E-state index is 0.181. The average molecular weight is 214 g/mol. The SMILES string of the molecule is CCN(CCC(C)(C)C)C(C)(CC)CN. The molecule has 1 atom stereocenters. The molecule has 0 radical (unpaired) electrons. The minimum atomic E-state index is 0.181. The summed E-state index contributed by atoms with van der Waals surface area (Å²) < 4.78 is 0. The summed E-state index contributed by atoms with van der Waals surface area (Å²) in [5.41, 5.74) is 6.49. The Balaban J connectivity index is 4.35. The Hall–Kier alpha value is -0.0800. The standard InChI is InChI=1S/C13H30N2/c1-7-13(6,11-14)15(8-2)10-9-12(3,4)5/h7-11,14H2,1-6H3. The van der Waals surface area contributed by atoms with E-state index >= 15 is 0 Å². The van der Waals surface area contributed by atoms with Crippen LogP contribution in [-0.2, 0) is 0 Å². The predicted octanol–water partition coefficient (Wildman–Crippen LogP) is 2.87. The molecule has 0 amide bonds. The van der Waals surface area contributed by atoms with E-state index in [4.69, 9.17) is 5.73 Å². The zero-order valence-electron chi connectivity index (χ0n) is 11.6. The first-order valence-electron chi connectivity index (χ1n) is 6.24. The van der Waals surface area contributed by atoms with E-state index in [1.807, 2.05) is 0 Å². The summed E-state index contributed by atoms with van der Waals surface area (Å²) in [5.74, 6) is 0. The number of likely N-dealkylation sites (N-methyl/N-ethyl adjacent to an activating group) is 1. The van der Waals surface area contributed by atoms with Crippen molar-refractivity contribution in [3.63, 3.8) is 0 Å². The average Bonchev–Trinajstić information content (AvgIpc) is 2.16.